The number of hydrogen-bond acceptors (Lipinski definition) is 2. The molecule has 10 aliphatic carbocycles. The Morgan fingerprint density at radius 1 is 0.383 bits per heavy atom. The van der Waals surface area contributed by atoms with Crippen LogP contribution in [0.3, 0.4) is 0 Å². The van der Waals surface area contributed by atoms with E-state index in [1.165, 1.54) is 173 Å². The van der Waals surface area contributed by atoms with Gasteiger partial charge >= 0.3 is 0 Å². The molecule has 9 atom stereocenters. The van der Waals surface area contributed by atoms with E-state index in [2.05, 4.69) is 101 Å². The molecular formula is C58H82N2. The van der Waals surface area contributed by atoms with E-state index >= 15 is 0 Å². The summed E-state index contributed by atoms with van der Waals surface area (Å²) < 4.78 is 0. The fourth-order valence-electron chi connectivity index (χ4n) is 15.2. The van der Waals surface area contributed by atoms with Gasteiger partial charge in [0.05, 0.1) is 0 Å². The van der Waals surface area contributed by atoms with Crippen LogP contribution in [0.15, 0.2) is 108 Å². The molecule has 10 rings (SSSR count). The highest BCUT2D eigenvalue weighted by molar-refractivity contribution is 5.26. The van der Waals surface area contributed by atoms with Crippen molar-refractivity contribution in [1.29, 1.82) is 0 Å². The zero-order valence-electron chi connectivity index (χ0n) is 37.7. The summed E-state index contributed by atoms with van der Waals surface area (Å²) in [5.74, 6) is 6.69. The van der Waals surface area contributed by atoms with Crippen molar-refractivity contribution in [3.63, 3.8) is 0 Å². The van der Waals surface area contributed by atoms with Gasteiger partial charge < -0.3 is 9.80 Å². The molecule has 0 N–H and O–H groups in total. The lowest BCUT2D eigenvalue weighted by Gasteiger charge is -2.49. The quantitative estimate of drug-likeness (QED) is 0.203. The van der Waals surface area contributed by atoms with Gasteiger partial charge in [-0.2, -0.15) is 0 Å². The summed E-state index contributed by atoms with van der Waals surface area (Å²) in [6.07, 6.45) is 76.1. The van der Waals surface area contributed by atoms with Crippen LogP contribution in [-0.2, 0) is 0 Å². The maximum absolute atomic E-state index is 3.05. The molecule has 0 radical (unpaired) electrons. The van der Waals surface area contributed by atoms with Crippen LogP contribution in [0.1, 0.15) is 173 Å². The third-order valence-electron chi connectivity index (χ3n) is 18.3. The predicted octanol–water partition coefficient (Wildman–Crippen LogP) is 15.3. The fourth-order valence-corrected chi connectivity index (χ4v) is 15.2. The van der Waals surface area contributed by atoms with Crippen LogP contribution in [0.5, 0.6) is 0 Å². The average Bonchev–Trinajstić information content (AvgIpc) is 3.34. The molecule has 0 aromatic carbocycles. The Kier molecular flexibility index (Phi) is 13.6. The molecule has 0 aliphatic heterocycles. The molecular weight excluding hydrogens is 725 g/mol. The summed E-state index contributed by atoms with van der Waals surface area (Å²) in [4.78, 5) is 6.06. The van der Waals surface area contributed by atoms with Gasteiger partial charge in [0, 0.05) is 35.6 Å². The summed E-state index contributed by atoms with van der Waals surface area (Å²) in [5.41, 5.74) is 5.20. The Labute approximate surface area is 367 Å². The van der Waals surface area contributed by atoms with E-state index in [-0.39, 0.29) is 0 Å². The highest BCUT2D eigenvalue weighted by atomic mass is 15.2. The number of rotatable bonds is 10. The van der Waals surface area contributed by atoms with Gasteiger partial charge in [-0.25, -0.2) is 0 Å². The molecule has 10 aliphatic rings. The van der Waals surface area contributed by atoms with Gasteiger partial charge in [0.1, 0.15) is 0 Å². The van der Waals surface area contributed by atoms with Gasteiger partial charge in [-0.15, -0.1) is 0 Å². The molecule has 0 heterocycles. The van der Waals surface area contributed by atoms with Gasteiger partial charge in [0.25, 0.3) is 0 Å². The van der Waals surface area contributed by atoms with E-state index in [9.17, 15) is 0 Å². The Bertz CT molecular complexity index is 1710. The fraction of sp³-hybridized carbons (Fsp3) is 0.690. The largest absolute Gasteiger partial charge is 0.369 e. The van der Waals surface area contributed by atoms with E-state index in [0.29, 0.717) is 41.7 Å². The lowest BCUT2D eigenvalue weighted by atomic mass is 9.59. The maximum Gasteiger partial charge on any atom is 0.0473 e. The van der Waals surface area contributed by atoms with Crippen LogP contribution in [0, 0.1) is 53.3 Å². The van der Waals surface area contributed by atoms with Gasteiger partial charge in [-0.3, -0.25) is 0 Å². The summed E-state index contributed by atoms with van der Waals surface area (Å²) >= 11 is 0. The molecule has 0 amide bonds. The minimum Gasteiger partial charge on any atom is -0.369 e. The SMILES string of the molecule is C1=CC2C(C3C=CC(N(C4=CCCCC4)C4CCC(C5C=CCCC5)CC4)CC3)C=CC(C3CCC(N(C4=CCCCC4)C4CC=C(C5C=CCCC5)CC4)CC3)C2C=C1. The van der Waals surface area contributed by atoms with E-state index in [1.807, 2.05) is 0 Å². The second kappa shape index (κ2) is 19.8. The number of hydrogen-bond donors (Lipinski definition) is 0. The Morgan fingerprint density at radius 3 is 1.67 bits per heavy atom. The monoisotopic (exact) mass is 807 g/mol. The van der Waals surface area contributed by atoms with E-state index < -0.39 is 0 Å². The van der Waals surface area contributed by atoms with Crippen LogP contribution in [0.4, 0.5) is 0 Å². The molecule has 0 aromatic heterocycles. The maximum atomic E-state index is 3.05. The van der Waals surface area contributed by atoms with Crippen molar-refractivity contribution in [2.75, 3.05) is 0 Å². The number of fused-ring (bicyclic) bond motifs is 1. The molecule has 324 valence electrons. The summed E-state index contributed by atoms with van der Waals surface area (Å²) in [6, 6.07) is 2.80. The van der Waals surface area contributed by atoms with E-state index in [4.69, 9.17) is 0 Å². The van der Waals surface area contributed by atoms with Crippen LogP contribution in [0.2, 0.25) is 0 Å². The van der Waals surface area contributed by atoms with Crippen molar-refractivity contribution in [3.8, 4) is 0 Å². The first-order valence-corrected chi connectivity index (χ1v) is 26.5. The summed E-state index contributed by atoms with van der Waals surface area (Å²) in [6.45, 7) is 0. The van der Waals surface area contributed by atoms with Gasteiger partial charge in [-0.1, -0.05) is 96.7 Å². The smallest absolute Gasteiger partial charge is 0.0473 e. The van der Waals surface area contributed by atoms with Crippen molar-refractivity contribution < 1.29 is 0 Å². The standard InChI is InChI=1S/C58H82N2/c1-5-15-43(16-6-1)45-25-33-51(34-26-45)59(49-19-9-3-10-20-49)53-37-29-47(30-38-53)55-41-42-56(58-24-14-13-23-57(55)58)48-31-39-54(40-32-48)60(50-21-11-4-12-22-50)52-35-27-46(28-36-52)44-17-7-2-8-18-44/h5,7,13-15,17,19,21,23-25,31,39,41-44,46-48,51-58H,1-4,6,8-12,16,18,20,22,26-30,32-38,40H2. The molecule has 9 unspecified atom stereocenters. The Hall–Kier alpha value is -2.74. The lowest BCUT2D eigenvalue weighted by molar-refractivity contribution is 0.0875. The number of allylic oxidation sites excluding steroid dienone is 16. The second-order valence-electron chi connectivity index (χ2n) is 21.7. The van der Waals surface area contributed by atoms with Gasteiger partial charge in [0.2, 0.25) is 0 Å². The molecule has 0 aromatic rings. The van der Waals surface area contributed by atoms with Crippen LogP contribution >= 0.6 is 0 Å². The highest BCUT2D eigenvalue weighted by Gasteiger charge is 2.43. The molecule has 60 heavy (non-hydrogen) atoms. The third-order valence-corrected chi connectivity index (χ3v) is 18.3. The zero-order chi connectivity index (χ0) is 40.1. The van der Waals surface area contributed by atoms with Gasteiger partial charge in [0.15, 0.2) is 0 Å². The molecule has 2 saturated carbocycles. The average molecular weight is 807 g/mol. The first-order valence-electron chi connectivity index (χ1n) is 26.5. The minimum absolute atomic E-state index is 0.597. The first-order chi connectivity index (χ1) is 29.8. The summed E-state index contributed by atoms with van der Waals surface area (Å²) in [5, 5.41) is 0. The number of nitrogens with zero attached hydrogens (tertiary/aromatic N) is 2. The molecule has 0 saturated heterocycles. The normalized spacial score (nSPS) is 40.6. The Balaban J connectivity index is 0.791. The van der Waals surface area contributed by atoms with Crippen LogP contribution in [0.25, 0.3) is 0 Å². The molecule has 2 fully saturated rings. The van der Waals surface area contributed by atoms with Crippen molar-refractivity contribution in [1.82, 2.24) is 9.80 Å². The molecule has 0 bridgehead atoms. The molecule has 2 nitrogen and oxygen atoms in total. The minimum atomic E-state index is 0.597. The van der Waals surface area contributed by atoms with E-state index in [1.54, 1.807) is 17.0 Å². The zero-order valence-corrected chi connectivity index (χ0v) is 37.7. The second-order valence-corrected chi connectivity index (χ2v) is 21.7. The topological polar surface area (TPSA) is 6.48 Å². The van der Waals surface area contributed by atoms with Crippen LogP contribution < -0.4 is 0 Å². The van der Waals surface area contributed by atoms with Crippen molar-refractivity contribution >= 4 is 0 Å². The third kappa shape index (κ3) is 9.16. The first kappa shape index (κ1) is 41.3. The van der Waals surface area contributed by atoms with Crippen molar-refractivity contribution in [2.45, 2.75) is 198 Å². The lowest BCUT2D eigenvalue weighted by Crippen LogP contribution is -2.47. The van der Waals surface area contributed by atoms with Crippen molar-refractivity contribution in [3.05, 3.63) is 108 Å². The van der Waals surface area contributed by atoms with Gasteiger partial charge in [-0.05, 0) is 227 Å². The highest BCUT2D eigenvalue weighted by Crippen LogP contribution is 2.50. The van der Waals surface area contributed by atoms with Crippen LogP contribution in [-0.4, -0.2) is 34.0 Å². The van der Waals surface area contributed by atoms with Crippen molar-refractivity contribution in [2.24, 2.45) is 53.3 Å². The Morgan fingerprint density at radius 2 is 1.05 bits per heavy atom. The predicted molar refractivity (Wildman–Crippen MR) is 254 cm³/mol. The summed E-state index contributed by atoms with van der Waals surface area (Å²) in [7, 11) is 0. The molecule has 2 heteroatoms. The van der Waals surface area contributed by atoms with E-state index in [0.717, 1.165) is 35.8 Å². The molecule has 0 spiro atoms.